The lowest BCUT2D eigenvalue weighted by atomic mass is 10.1. The van der Waals surface area contributed by atoms with Gasteiger partial charge in [0.25, 0.3) is 5.56 Å². The van der Waals surface area contributed by atoms with Crippen LogP contribution in [0.15, 0.2) is 23.1 Å². The highest BCUT2D eigenvalue weighted by Gasteiger charge is 2.26. The highest BCUT2D eigenvalue weighted by atomic mass is 19.1. The van der Waals surface area contributed by atoms with Crippen molar-refractivity contribution in [3.63, 3.8) is 0 Å². The third-order valence-corrected chi connectivity index (χ3v) is 4.73. The van der Waals surface area contributed by atoms with E-state index in [1.54, 1.807) is 4.90 Å². The van der Waals surface area contributed by atoms with Gasteiger partial charge in [-0.3, -0.25) is 9.20 Å². The maximum atomic E-state index is 13.4. The van der Waals surface area contributed by atoms with Gasteiger partial charge in [0.2, 0.25) is 0 Å². The molecule has 1 fully saturated rings. The third kappa shape index (κ3) is 3.09. The molecule has 2 aromatic heterocycles. The first-order chi connectivity index (χ1) is 12.1. The number of halogens is 1. The summed E-state index contributed by atoms with van der Waals surface area (Å²) in [6.07, 6.45) is 3.67. The lowest BCUT2D eigenvalue weighted by Crippen LogP contribution is -2.46. The van der Waals surface area contributed by atoms with Gasteiger partial charge in [-0.05, 0) is 25.0 Å². The summed E-state index contributed by atoms with van der Waals surface area (Å²) in [5.74, 6) is -0.502. The molecule has 8 heteroatoms. The SMILES string of the molecule is O=C(NC[C@H]1CCCO1)N1CCc2nc3ccc(F)cn3c(=O)c2C1. The number of fused-ring (bicyclic) bond motifs is 2. The van der Waals surface area contributed by atoms with Crippen LogP contribution in [-0.4, -0.2) is 46.1 Å². The molecular formula is C17H19FN4O3. The first kappa shape index (κ1) is 16.0. The van der Waals surface area contributed by atoms with Gasteiger partial charge in [-0.1, -0.05) is 0 Å². The molecule has 132 valence electrons. The number of nitrogens with one attached hydrogen (secondary N) is 1. The molecule has 0 spiro atoms. The number of pyridine rings is 1. The van der Waals surface area contributed by atoms with Gasteiger partial charge in [-0.2, -0.15) is 0 Å². The van der Waals surface area contributed by atoms with Crippen LogP contribution in [0, 0.1) is 5.82 Å². The van der Waals surface area contributed by atoms with Gasteiger partial charge < -0.3 is 15.0 Å². The normalized spacial score (nSPS) is 19.9. The maximum absolute atomic E-state index is 13.4. The van der Waals surface area contributed by atoms with Crippen molar-refractivity contribution in [3.05, 3.63) is 45.8 Å². The quantitative estimate of drug-likeness (QED) is 0.883. The fourth-order valence-corrected chi connectivity index (χ4v) is 3.36. The number of nitrogens with zero attached hydrogens (tertiary/aromatic N) is 3. The van der Waals surface area contributed by atoms with Crippen molar-refractivity contribution in [1.82, 2.24) is 19.6 Å². The molecule has 0 unspecified atom stereocenters. The fraction of sp³-hybridized carbons (Fsp3) is 0.471. The van der Waals surface area contributed by atoms with Crippen molar-refractivity contribution < 1.29 is 13.9 Å². The van der Waals surface area contributed by atoms with E-state index in [0.29, 0.717) is 36.4 Å². The molecule has 7 nitrogen and oxygen atoms in total. The maximum Gasteiger partial charge on any atom is 0.317 e. The van der Waals surface area contributed by atoms with Crippen molar-refractivity contribution >= 4 is 11.7 Å². The molecule has 0 saturated carbocycles. The molecule has 2 aliphatic rings. The Morgan fingerprint density at radius 1 is 1.44 bits per heavy atom. The van der Waals surface area contributed by atoms with E-state index in [1.807, 2.05) is 0 Å². The zero-order chi connectivity index (χ0) is 17.4. The predicted octanol–water partition coefficient (Wildman–Crippen LogP) is 1.08. The van der Waals surface area contributed by atoms with Crippen LogP contribution < -0.4 is 10.9 Å². The van der Waals surface area contributed by atoms with Crippen molar-refractivity contribution in [2.24, 2.45) is 0 Å². The number of hydrogen-bond donors (Lipinski definition) is 1. The van der Waals surface area contributed by atoms with Gasteiger partial charge in [0, 0.05) is 32.3 Å². The number of carbonyl (C=O) groups is 1. The molecule has 0 aromatic carbocycles. The molecule has 4 rings (SSSR count). The molecule has 0 bridgehead atoms. The van der Waals surface area contributed by atoms with Crippen LogP contribution in [0.1, 0.15) is 24.1 Å². The minimum absolute atomic E-state index is 0.0697. The van der Waals surface area contributed by atoms with E-state index >= 15 is 0 Å². The van der Waals surface area contributed by atoms with Crippen LogP contribution in [0.4, 0.5) is 9.18 Å². The van der Waals surface area contributed by atoms with Gasteiger partial charge in [-0.15, -0.1) is 0 Å². The summed E-state index contributed by atoms with van der Waals surface area (Å²) >= 11 is 0. The van der Waals surface area contributed by atoms with Gasteiger partial charge in [0.1, 0.15) is 11.5 Å². The molecule has 0 radical (unpaired) electrons. The topological polar surface area (TPSA) is 75.9 Å². The molecular weight excluding hydrogens is 327 g/mol. The molecule has 1 atom stereocenters. The number of urea groups is 1. The molecule has 2 aromatic rings. The highest BCUT2D eigenvalue weighted by molar-refractivity contribution is 5.74. The number of rotatable bonds is 2. The van der Waals surface area contributed by atoms with E-state index in [4.69, 9.17) is 4.74 Å². The monoisotopic (exact) mass is 346 g/mol. The standard InChI is InChI=1S/C17H19FN4O3/c18-11-3-4-15-20-14-5-6-21(10-13(14)16(23)22(15)9-11)17(24)19-8-12-2-1-7-25-12/h3-4,9,12H,1-2,5-8,10H2,(H,19,24)/t12-/m1/s1. The van der Waals surface area contributed by atoms with Crippen LogP contribution in [0.2, 0.25) is 0 Å². The van der Waals surface area contributed by atoms with Crippen molar-refractivity contribution in [1.29, 1.82) is 0 Å². The molecule has 4 heterocycles. The summed E-state index contributed by atoms with van der Waals surface area (Å²) in [6, 6.07) is 2.55. The molecule has 25 heavy (non-hydrogen) atoms. The molecule has 0 aliphatic carbocycles. The van der Waals surface area contributed by atoms with Crippen LogP contribution in [-0.2, 0) is 17.7 Å². The molecule has 2 aliphatic heterocycles. The smallest absolute Gasteiger partial charge is 0.317 e. The lowest BCUT2D eigenvalue weighted by molar-refractivity contribution is 0.108. The van der Waals surface area contributed by atoms with Gasteiger partial charge in [0.05, 0.1) is 23.9 Å². The minimum Gasteiger partial charge on any atom is -0.376 e. The lowest BCUT2D eigenvalue weighted by Gasteiger charge is -2.28. The van der Waals surface area contributed by atoms with Crippen molar-refractivity contribution in [2.75, 3.05) is 19.7 Å². The van der Waals surface area contributed by atoms with Gasteiger partial charge in [-0.25, -0.2) is 14.2 Å². The second kappa shape index (κ2) is 6.44. The van der Waals surface area contributed by atoms with Crippen molar-refractivity contribution in [3.8, 4) is 0 Å². The second-order valence-electron chi connectivity index (χ2n) is 6.41. The Balaban J connectivity index is 1.53. The minimum atomic E-state index is -0.502. The highest BCUT2D eigenvalue weighted by Crippen LogP contribution is 2.16. The van der Waals surface area contributed by atoms with E-state index in [2.05, 4.69) is 10.3 Å². The summed E-state index contributed by atoms with van der Waals surface area (Å²) < 4.78 is 20.1. The molecule has 1 N–H and O–H groups in total. The summed E-state index contributed by atoms with van der Waals surface area (Å²) in [7, 11) is 0. The number of carbonyl (C=O) groups excluding carboxylic acids is 1. The van der Waals surface area contributed by atoms with E-state index < -0.39 is 5.82 Å². The summed E-state index contributed by atoms with van der Waals surface area (Å²) in [6.45, 7) is 1.89. The Kier molecular flexibility index (Phi) is 4.12. The fourth-order valence-electron chi connectivity index (χ4n) is 3.36. The predicted molar refractivity (Wildman–Crippen MR) is 87.9 cm³/mol. The molecule has 2 amide bonds. The van der Waals surface area contributed by atoms with Crippen LogP contribution in [0.25, 0.3) is 5.65 Å². The first-order valence-corrected chi connectivity index (χ1v) is 8.46. The van der Waals surface area contributed by atoms with Crippen LogP contribution in [0.5, 0.6) is 0 Å². The van der Waals surface area contributed by atoms with Crippen molar-refractivity contribution in [2.45, 2.75) is 31.9 Å². The number of amides is 2. The Hall–Kier alpha value is -2.48. The Bertz CT molecular complexity index is 876. The van der Waals surface area contributed by atoms with E-state index in [0.717, 1.165) is 25.6 Å². The van der Waals surface area contributed by atoms with E-state index in [9.17, 15) is 14.0 Å². The number of ether oxygens (including phenoxy) is 1. The molecule has 1 saturated heterocycles. The van der Waals surface area contributed by atoms with Crippen LogP contribution >= 0.6 is 0 Å². The first-order valence-electron chi connectivity index (χ1n) is 8.46. The zero-order valence-electron chi connectivity index (χ0n) is 13.7. The van der Waals surface area contributed by atoms with Gasteiger partial charge in [0.15, 0.2) is 0 Å². The summed E-state index contributed by atoms with van der Waals surface area (Å²) in [4.78, 5) is 31.0. The number of hydrogen-bond acceptors (Lipinski definition) is 4. The average Bonchev–Trinajstić information content (AvgIpc) is 3.14. The number of aromatic nitrogens is 2. The summed E-state index contributed by atoms with van der Waals surface area (Å²) in [5, 5.41) is 2.86. The van der Waals surface area contributed by atoms with E-state index in [1.165, 1.54) is 16.5 Å². The Labute approximate surface area is 143 Å². The van der Waals surface area contributed by atoms with E-state index in [-0.39, 0.29) is 24.2 Å². The Morgan fingerprint density at radius 3 is 3.12 bits per heavy atom. The third-order valence-electron chi connectivity index (χ3n) is 4.73. The zero-order valence-corrected chi connectivity index (χ0v) is 13.7. The summed E-state index contributed by atoms with van der Waals surface area (Å²) in [5.41, 5.74) is 1.22. The second-order valence-corrected chi connectivity index (χ2v) is 6.41. The average molecular weight is 346 g/mol. The van der Waals surface area contributed by atoms with Crippen LogP contribution in [0.3, 0.4) is 0 Å². The Morgan fingerprint density at radius 2 is 2.32 bits per heavy atom. The largest absolute Gasteiger partial charge is 0.376 e. The van der Waals surface area contributed by atoms with Gasteiger partial charge >= 0.3 is 6.03 Å².